The van der Waals surface area contributed by atoms with Gasteiger partial charge >= 0.3 is 0 Å². The summed E-state index contributed by atoms with van der Waals surface area (Å²) in [6, 6.07) is 7.33. The lowest BCUT2D eigenvalue weighted by atomic mass is 10.1. The molecule has 3 rings (SSSR count). The first-order chi connectivity index (χ1) is 13.0. The molecule has 8 heteroatoms. The third kappa shape index (κ3) is 5.19. The van der Waals surface area contributed by atoms with Crippen molar-refractivity contribution in [1.29, 1.82) is 0 Å². The van der Waals surface area contributed by atoms with Crippen LogP contribution in [0.1, 0.15) is 25.6 Å². The molecule has 0 radical (unpaired) electrons. The van der Waals surface area contributed by atoms with E-state index in [1.807, 2.05) is 43.0 Å². The third-order valence-electron chi connectivity index (χ3n) is 4.47. The van der Waals surface area contributed by atoms with Crippen molar-refractivity contribution in [3.63, 3.8) is 0 Å². The number of hydrogen-bond acceptors (Lipinski definition) is 7. The monoisotopic (exact) mass is 374 g/mol. The van der Waals surface area contributed by atoms with E-state index in [9.17, 15) is 4.79 Å². The predicted molar refractivity (Wildman–Crippen MR) is 98.3 cm³/mol. The zero-order valence-corrected chi connectivity index (χ0v) is 16.1. The Morgan fingerprint density at radius 3 is 2.44 bits per heavy atom. The van der Waals surface area contributed by atoms with Crippen LogP contribution in [0.5, 0.6) is 11.5 Å². The fourth-order valence-corrected chi connectivity index (χ4v) is 2.92. The van der Waals surface area contributed by atoms with Crippen LogP contribution in [0.2, 0.25) is 0 Å². The molecule has 0 saturated carbocycles. The summed E-state index contributed by atoms with van der Waals surface area (Å²) in [5, 5.41) is 3.97. The van der Waals surface area contributed by atoms with Crippen LogP contribution in [0, 0.1) is 5.92 Å². The van der Waals surface area contributed by atoms with Gasteiger partial charge in [-0.3, -0.25) is 9.69 Å². The summed E-state index contributed by atoms with van der Waals surface area (Å²) in [4.78, 5) is 20.6. The minimum atomic E-state index is 0.0424. The van der Waals surface area contributed by atoms with Crippen LogP contribution >= 0.6 is 0 Å². The summed E-state index contributed by atoms with van der Waals surface area (Å²) in [7, 11) is 1.62. The first-order valence-corrected chi connectivity index (χ1v) is 9.14. The highest BCUT2D eigenvalue weighted by atomic mass is 16.5. The Labute approximate surface area is 159 Å². The van der Waals surface area contributed by atoms with Crippen LogP contribution in [0.3, 0.4) is 0 Å². The molecule has 1 amide bonds. The van der Waals surface area contributed by atoms with E-state index >= 15 is 0 Å². The van der Waals surface area contributed by atoms with Gasteiger partial charge in [0.25, 0.3) is 0 Å². The smallest absolute Gasteiger partial charge is 0.240 e. The molecule has 2 aromatic rings. The van der Waals surface area contributed by atoms with Crippen LogP contribution in [0.4, 0.5) is 0 Å². The Kier molecular flexibility index (Phi) is 6.28. The molecular weight excluding hydrogens is 348 g/mol. The minimum Gasteiger partial charge on any atom is -0.497 e. The average Bonchev–Trinajstić information content (AvgIpc) is 3.14. The van der Waals surface area contributed by atoms with Crippen molar-refractivity contribution in [3.8, 4) is 11.5 Å². The Hall–Kier alpha value is -2.61. The van der Waals surface area contributed by atoms with Gasteiger partial charge < -0.3 is 18.9 Å². The highest BCUT2D eigenvalue weighted by molar-refractivity contribution is 5.78. The van der Waals surface area contributed by atoms with Crippen molar-refractivity contribution in [3.05, 3.63) is 36.0 Å². The van der Waals surface area contributed by atoms with E-state index in [-0.39, 0.29) is 18.4 Å². The van der Waals surface area contributed by atoms with Gasteiger partial charge in [-0.1, -0.05) is 19.0 Å². The van der Waals surface area contributed by atoms with Gasteiger partial charge in [-0.05, 0) is 24.3 Å². The summed E-state index contributed by atoms with van der Waals surface area (Å²) < 4.78 is 16.1. The molecule has 0 bridgehead atoms. The lowest BCUT2D eigenvalue weighted by molar-refractivity contribution is -0.136. The van der Waals surface area contributed by atoms with Gasteiger partial charge in [-0.2, -0.15) is 4.98 Å². The number of amides is 1. The number of piperazine rings is 1. The molecule has 27 heavy (non-hydrogen) atoms. The number of methoxy groups -OCH3 is 1. The fourth-order valence-electron chi connectivity index (χ4n) is 2.92. The molecule has 1 aliphatic heterocycles. The van der Waals surface area contributed by atoms with Crippen molar-refractivity contribution in [1.82, 2.24) is 19.9 Å². The van der Waals surface area contributed by atoms with E-state index < -0.39 is 0 Å². The molecule has 0 spiro atoms. The molecule has 1 fully saturated rings. The van der Waals surface area contributed by atoms with E-state index in [0.717, 1.165) is 31.9 Å². The second kappa shape index (κ2) is 8.85. The lowest BCUT2D eigenvalue weighted by Gasteiger charge is -2.34. The molecule has 0 aliphatic carbocycles. The summed E-state index contributed by atoms with van der Waals surface area (Å²) in [6.45, 7) is 7.77. The number of hydrogen-bond donors (Lipinski definition) is 0. The standard InChI is InChI=1S/C19H26N4O4/c1-14(2)19(24)23-10-8-22(9-11-23)12-18-20-17(21-27-18)13-26-16-6-4-15(25-3)5-7-16/h4-7,14H,8-13H2,1-3H3. The number of nitrogens with zero attached hydrogens (tertiary/aromatic N) is 4. The number of carbonyl (C=O) groups excluding carboxylic acids is 1. The van der Waals surface area contributed by atoms with Gasteiger partial charge in [0.15, 0.2) is 6.61 Å². The molecule has 0 atom stereocenters. The van der Waals surface area contributed by atoms with Gasteiger partial charge in [0.1, 0.15) is 11.5 Å². The largest absolute Gasteiger partial charge is 0.497 e. The summed E-state index contributed by atoms with van der Waals surface area (Å²) >= 11 is 0. The predicted octanol–water partition coefficient (Wildman–Crippen LogP) is 1.96. The van der Waals surface area contributed by atoms with Crippen LogP contribution in [0.15, 0.2) is 28.8 Å². The van der Waals surface area contributed by atoms with E-state index in [1.54, 1.807) is 7.11 Å². The van der Waals surface area contributed by atoms with Crippen molar-refractivity contribution in [2.24, 2.45) is 5.92 Å². The topological polar surface area (TPSA) is 80.9 Å². The Bertz CT molecular complexity index is 736. The van der Waals surface area contributed by atoms with Crippen LogP contribution in [0.25, 0.3) is 0 Å². The SMILES string of the molecule is COc1ccc(OCc2noc(CN3CCN(C(=O)C(C)C)CC3)n2)cc1. The van der Waals surface area contributed by atoms with Crippen LogP contribution in [-0.4, -0.2) is 59.1 Å². The Morgan fingerprint density at radius 2 is 1.81 bits per heavy atom. The maximum Gasteiger partial charge on any atom is 0.240 e. The van der Waals surface area contributed by atoms with Gasteiger partial charge in [-0.25, -0.2) is 0 Å². The molecular formula is C19H26N4O4. The third-order valence-corrected chi connectivity index (χ3v) is 4.47. The van der Waals surface area contributed by atoms with E-state index in [1.165, 1.54) is 0 Å². The number of aromatic nitrogens is 2. The molecule has 1 aromatic heterocycles. The zero-order valence-electron chi connectivity index (χ0n) is 16.1. The van der Waals surface area contributed by atoms with Crippen molar-refractivity contribution in [2.45, 2.75) is 27.0 Å². The van der Waals surface area contributed by atoms with Gasteiger partial charge in [-0.15, -0.1) is 0 Å². The van der Waals surface area contributed by atoms with Gasteiger partial charge in [0.2, 0.25) is 17.6 Å². The second-order valence-electron chi connectivity index (χ2n) is 6.82. The number of carbonyl (C=O) groups is 1. The molecule has 8 nitrogen and oxygen atoms in total. The normalized spacial score (nSPS) is 15.2. The molecule has 1 aliphatic rings. The highest BCUT2D eigenvalue weighted by Crippen LogP contribution is 2.18. The molecule has 146 valence electrons. The maximum absolute atomic E-state index is 12.0. The van der Waals surface area contributed by atoms with Crippen LogP contribution < -0.4 is 9.47 Å². The fraction of sp³-hybridized carbons (Fsp3) is 0.526. The summed E-state index contributed by atoms with van der Waals surface area (Å²) in [5.74, 6) is 2.82. The van der Waals surface area contributed by atoms with Crippen molar-refractivity contribution < 1.29 is 18.8 Å². The molecule has 1 saturated heterocycles. The first kappa shape index (κ1) is 19.2. The van der Waals surface area contributed by atoms with E-state index in [2.05, 4.69) is 15.0 Å². The van der Waals surface area contributed by atoms with Crippen molar-refractivity contribution in [2.75, 3.05) is 33.3 Å². The lowest BCUT2D eigenvalue weighted by Crippen LogP contribution is -2.49. The maximum atomic E-state index is 12.0. The molecule has 0 unspecified atom stereocenters. The molecule has 1 aromatic carbocycles. The Balaban J connectivity index is 1.45. The quantitative estimate of drug-likeness (QED) is 0.733. The Morgan fingerprint density at radius 1 is 1.15 bits per heavy atom. The van der Waals surface area contributed by atoms with E-state index in [0.29, 0.717) is 24.0 Å². The minimum absolute atomic E-state index is 0.0424. The van der Waals surface area contributed by atoms with Gasteiger partial charge in [0, 0.05) is 32.1 Å². The van der Waals surface area contributed by atoms with Crippen molar-refractivity contribution >= 4 is 5.91 Å². The number of ether oxygens (including phenoxy) is 2. The number of rotatable bonds is 7. The summed E-state index contributed by atoms with van der Waals surface area (Å²) in [6.07, 6.45) is 0. The van der Waals surface area contributed by atoms with Crippen LogP contribution in [-0.2, 0) is 17.9 Å². The average molecular weight is 374 g/mol. The summed E-state index contributed by atoms with van der Waals surface area (Å²) in [5.41, 5.74) is 0. The number of benzene rings is 1. The molecule has 0 N–H and O–H groups in total. The highest BCUT2D eigenvalue weighted by Gasteiger charge is 2.23. The van der Waals surface area contributed by atoms with Gasteiger partial charge in [0.05, 0.1) is 13.7 Å². The van der Waals surface area contributed by atoms with E-state index in [4.69, 9.17) is 14.0 Å². The second-order valence-corrected chi connectivity index (χ2v) is 6.82. The molecule has 2 heterocycles. The first-order valence-electron chi connectivity index (χ1n) is 9.14. The zero-order chi connectivity index (χ0) is 19.2.